The number of aliphatic hydroxyl groups is 1. The van der Waals surface area contributed by atoms with Gasteiger partial charge in [0.25, 0.3) is 0 Å². The minimum Gasteiger partial charge on any atom is -0.492 e. The molecule has 1 aromatic carbocycles. The van der Waals surface area contributed by atoms with Crippen molar-refractivity contribution in [2.75, 3.05) is 13.2 Å². The van der Waals surface area contributed by atoms with Gasteiger partial charge in [-0.2, -0.15) is 0 Å². The highest BCUT2D eigenvalue weighted by Crippen LogP contribution is 2.31. The Hall–Kier alpha value is -0.580. The quantitative estimate of drug-likeness (QED) is 0.879. The predicted octanol–water partition coefficient (Wildman–Crippen LogP) is 2.62. The highest BCUT2D eigenvalue weighted by molar-refractivity contribution is 9.10. The summed E-state index contributed by atoms with van der Waals surface area (Å²) in [4.78, 5) is 0. The number of aliphatic hydroxyl groups excluding tert-OH is 1. The lowest BCUT2D eigenvalue weighted by Crippen LogP contribution is -2.19. The Bertz CT molecular complexity index is 380. The van der Waals surface area contributed by atoms with Crippen LogP contribution in [0.1, 0.15) is 30.9 Å². The maximum Gasteiger partial charge on any atom is 0.133 e. The topological polar surface area (TPSA) is 55.5 Å². The SMILES string of the molecule is NC(CO)c1ccc(OCC2CCC2)c(Br)c1. The van der Waals surface area contributed by atoms with Crippen LogP contribution in [0.3, 0.4) is 0 Å². The Labute approximate surface area is 110 Å². The molecule has 1 aromatic rings. The van der Waals surface area contributed by atoms with Crippen LogP contribution in [0.25, 0.3) is 0 Å². The van der Waals surface area contributed by atoms with Crippen molar-refractivity contribution in [1.82, 2.24) is 0 Å². The Kier molecular flexibility index (Phi) is 4.42. The van der Waals surface area contributed by atoms with Gasteiger partial charge in [0.1, 0.15) is 5.75 Å². The molecule has 0 spiro atoms. The second-order valence-electron chi connectivity index (χ2n) is 4.59. The van der Waals surface area contributed by atoms with E-state index in [9.17, 15) is 0 Å². The third-order valence-electron chi connectivity index (χ3n) is 3.28. The molecule has 1 atom stereocenters. The Morgan fingerprint density at radius 3 is 2.76 bits per heavy atom. The molecule has 0 aliphatic heterocycles. The number of benzene rings is 1. The minimum absolute atomic E-state index is 0.0469. The smallest absolute Gasteiger partial charge is 0.133 e. The first-order valence-corrected chi connectivity index (χ1v) is 6.78. The molecule has 4 heteroatoms. The molecule has 1 aliphatic carbocycles. The van der Waals surface area contributed by atoms with Crippen molar-refractivity contribution in [1.29, 1.82) is 0 Å². The molecule has 3 N–H and O–H groups in total. The molecule has 0 heterocycles. The summed E-state index contributed by atoms with van der Waals surface area (Å²) in [5.41, 5.74) is 6.67. The fourth-order valence-electron chi connectivity index (χ4n) is 1.84. The van der Waals surface area contributed by atoms with Crippen LogP contribution in [0.2, 0.25) is 0 Å². The zero-order chi connectivity index (χ0) is 12.3. The fraction of sp³-hybridized carbons (Fsp3) is 0.538. The van der Waals surface area contributed by atoms with Crippen LogP contribution in [-0.2, 0) is 0 Å². The minimum atomic E-state index is -0.327. The van der Waals surface area contributed by atoms with Gasteiger partial charge in [-0.25, -0.2) is 0 Å². The molecule has 0 amide bonds. The predicted molar refractivity (Wildman–Crippen MR) is 71.0 cm³/mol. The van der Waals surface area contributed by atoms with Crippen LogP contribution >= 0.6 is 15.9 Å². The first kappa shape index (κ1) is 12.9. The molecule has 0 radical (unpaired) electrons. The molecule has 3 nitrogen and oxygen atoms in total. The van der Waals surface area contributed by atoms with Crippen molar-refractivity contribution < 1.29 is 9.84 Å². The van der Waals surface area contributed by atoms with E-state index >= 15 is 0 Å². The summed E-state index contributed by atoms with van der Waals surface area (Å²) >= 11 is 3.47. The largest absolute Gasteiger partial charge is 0.492 e. The standard InChI is InChI=1S/C13H18BrNO2/c14-11-6-10(12(15)7-16)4-5-13(11)17-8-9-2-1-3-9/h4-6,9,12,16H,1-3,7-8,15H2. The van der Waals surface area contributed by atoms with Gasteiger partial charge in [-0.15, -0.1) is 0 Å². The van der Waals surface area contributed by atoms with Crippen molar-refractivity contribution in [3.05, 3.63) is 28.2 Å². The van der Waals surface area contributed by atoms with Crippen molar-refractivity contribution in [3.63, 3.8) is 0 Å². The zero-order valence-electron chi connectivity index (χ0n) is 9.73. The molecule has 94 valence electrons. The van der Waals surface area contributed by atoms with Gasteiger partial charge < -0.3 is 15.6 Å². The number of rotatable bonds is 5. The Morgan fingerprint density at radius 1 is 1.47 bits per heavy atom. The van der Waals surface area contributed by atoms with E-state index in [2.05, 4.69) is 15.9 Å². The van der Waals surface area contributed by atoms with Crippen LogP contribution in [0.15, 0.2) is 22.7 Å². The van der Waals surface area contributed by atoms with E-state index in [0.29, 0.717) is 0 Å². The maximum atomic E-state index is 8.99. The monoisotopic (exact) mass is 299 g/mol. The normalized spacial score (nSPS) is 17.6. The average molecular weight is 300 g/mol. The third-order valence-corrected chi connectivity index (χ3v) is 3.90. The molecule has 1 aliphatic rings. The highest BCUT2D eigenvalue weighted by Gasteiger charge is 2.18. The van der Waals surface area contributed by atoms with Crippen LogP contribution in [0.5, 0.6) is 5.75 Å². The van der Waals surface area contributed by atoms with E-state index < -0.39 is 0 Å². The molecule has 0 saturated heterocycles. The lowest BCUT2D eigenvalue weighted by atomic mass is 9.86. The number of hydrogen-bond acceptors (Lipinski definition) is 3. The van der Waals surface area contributed by atoms with Crippen LogP contribution in [-0.4, -0.2) is 18.3 Å². The number of nitrogens with two attached hydrogens (primary N) is 1. The summed E-state index contributed by atoms with van der Waals surface area (Å²) in [7, 11) is 0. The first-order valence-electron chi connectivity index (χ1n) is 5.99. The average Bonchev–Trinajstić information content (AvgIpc) is 2.28. The first-order chi connectivity index (χ1) is 8.20. The Balaban J connectivity index is 1.97. The summed E-state index contributed by atoms with van der Waals surface area (Å²) < 4.78 is 6.66. The van der Waals surface area contributed by atoms with E-state index in [1.165, 1.54) is 19.3 Å². The Morgan fingerprint density at radius 2 is 2.24 bits per heavy atom. The van der Waals surface area contributed by atoms with E-state index in [1.54, 1.807) is 0 Å². The third kappa shape index (κ3) is 3.21. The second kappa shape index (κ2) is 5.85. The molecule has 1 unspecified atom stereocenters. The van der Waals surface area contributed by atoms with Gasteiger partial charge in [0.2, 0.25) is 0 Å². The summed E-state index contributed by atoms with van der Waals surface area (Å²) in [5, 5.41) is 8.99. The fourth-order valence-corrected chi connectivity index (χ4v) is 2.35. The van der Waals surface area contributed by atoms with E-state index in [0.717, 1.165) is 28.3 Å². The molecule has 1 fully saturated rings. The number of halogens is 1. The van der Waals surface area contributed by atoms with Crippen molar-refractivity contribution >= 4 is 15.9 Å². The zero-order valence-corrected chi connectivity index (χ0v) is 11.3. The molecule has 17 heavy (non-hydrogen) atoms. The molecule has 1 saturated carbocycles. The molecule has 0 bridgehead atoms. The second-order valence-corrected chi connectivity index (χ2v) is 5.44. The van der Waals surface area contributed by atoms with Crippen molar-refractivity contribution in [2.24, 2.45) is 11.7 Å². The van der Waals surface area contributed by atoms with Gasteiger partial charge in [0.05, 0.1) is 23.7 Å². The van der Waals surface area contributed by atoms with Crippen LogP contribution < -0.4 is 10.5 Å². The molecular weight excluding hydrogens is 282 g/mol. The van der Waals surface area contributed by atoms with Gasteiger partial charge in [-0.3, -0.25) is 0 Å². The van der Waals surface area contributed by atoms with E-state index in [4.69, 9.17) is 15.6 Å². The van der Waals surface area contributed by atoms with Gasteiger partial charge >= 0.3 is 0 Å². The van der Waals surface area contributed by atoms with Crippen LogP contribution in [0, 0.1) is 5.92 Å². The number of ether oxygens (including phenoxy) is 1. The molecule has 2 rings (SSSR count). The molecular formula is C13H18BrNO2. The maximum absolute atomic E-state index is 8.99. The summed E-state index contributed by atoms with van der Waals surface area (Å²) in [6.07, 6.45) is 3.90. The number of hydrogen-bond donors (Lipinski definition) is 2. The van der Waals surface area contributed by atoms with Crippen molar-refractivity contribution in [2.45, 2.75) is 25.3 Å². The van der Waals surface area contributed by atoms with E-state index in [1.807, 2.05) is 18.2 Å². The van der Waals surface area contributed by atoms with Crippen molar-refractivity contribution in [3.8, 4) is 5.75 Å². The van der Waals surface area contributed by atoms with Gasteiger partial charge in [-0.05, 0) is 52.4 Å². The summed E-state index contributed by atoms with van der Waals surface area (Å²) in [5.74, 6) is 1.58. The highest BCUT2D eigenvalue weighted by atomic mass is 79.9. The van der Waals surface area contributed by atoms with Gasteiger partial charge in [0.15, 0.2) is 0 Å². The lowest BCUT2D eigenvalue weighted by molar-refractivity contribution is 0.180. The van der Waals surface area contributed by atoms with Crippen LogP contribution in [0.4, 0.5) is 0 Å². The van der Waals surface area contributed by atoms with Gasteiger partial charge in [0, 0.05) is 0 Å². The van der Waals surface area contributed by atoms with Gasteiger partial charge in [-0.1, -0.05) is 12.5 Å². The summed E-state index contributed by atoms with van der Waals surface area (Å²) in [6.45, 7) is 0.749. The summed E-state index contributed by atoms with van der Waals surface area (Å²) in [6, 6.07) is 5.40. The van der Waals surface area contributed by atoms with E-state index in [-0.39, 0.29) is 12.6 Å². The lowest BCUT2D eigenvalue weighted by Gasteiger charge is -2.25. The molecule has 0 aromatic heterocycles.